The second-order valence-electron chi connectivity index (χ2n) is 6.56. The van der Waals surface area contributed by atoms with Gasteiger partial charge in [-0.3, -0.25) is 9.69 Å². The zero-order valence-corrected chi connectivity index (χ0v) is 15.8. The van der Waals surface area contributed by atoms with Crippen molar-refractivity contribution < 1.29 is 9.53 Å². The van der Waals surface area contributed by atoms with E-state index in [9.17, 15) is 4.79 Å². The Bertz CT molecular complexity index is 917. The summed E-state index contributed by atoms with van der Waals surface area (Å²) >= 11 is 6.12. The third-order valence-electron chi connectivity index (χ3n) is 5.01. The van der Waals surface area contributed by atoms with Gasteiger partial charge in [0.1, 0.15) is 5.75 Å². The summed E-state index contributed by atoms with van der Waals surface area (Å²) in [6.45, 7) is 3.17. The second kappa shape index (κ2) is 7.58. The molecule has 2 heterocycles. The maximum absolute atomic E-state index is 11.8. The lowest BCUT2D eigenvalue weighted by Crippen LogP contribution is -2.49. The molecule has 2 aromatic carbocycles. The van der Waals surface area contributed by atoms with Gasteiger partial charge in [-0.1, -0.05) is 29.8 Å². The second-order valence-corrected chi connectivity index (χ2v) is 6.97. The predicted molar refractivity (Wildman–Crippen MR) is 107 cm³/mol. The number of ether oxygens (including phenoxy) is 1. The van der Waals surface area contributed by atoms with E-state index in [1.54, 1.807) is 11.8 Å². The van der Waals surface area contributed by atoms with E-state index in [0.29, 0.717) is 10.8 Å². The van der Waals surface area contributed by atoms with Crippen LogP contribution in [0.5, 0.6) is 5.75 Å². The SMILES string of the molecule is COc1cc(N2CCN(C(C=O)n3cc4ccccc4n3)CC2)ccc1Cl. The highest BCUT2D eigenvalue weighted by atomic mass is 35.5. The average Bonchev–Trinajstić information content (AvgIpc) is 3.13. The molecule has 140 valence electrons. The molecule has 27 heavy (non-hydrogen) atoms. The molecule has 1 fully saturated rings. The van der Waals surface area contributed by atoms with E-state index >= 15 is 0 Å². The van der Waals surface area contributed by atoms with Crippen LogP contribution < -0.4 is 9.64 Å². The summed E-state index contributed by atoms with van der Waals surface area (Å²) < 4.78 is 7.08. The summed E-state index contributed by atoms with van der Waals surface area (Å²) in [6, 6.07) is 13.7. The minimum atomic E-state index is -0.390. The first-order chi connectivity index (χ1) is 13.2. The Hall–Kier alpha value is -2.57. The molecule has 0 aliphatic carbocycles. The first kappa shape index (κ1) is 17.8. The monoisotopic (exact) mass is 384 g/mol. The number of halogens is 1. The molecular weight excluding hydrogens is 364 g/mol. The summed E-state index contributed by atoms with van der Waals surface area (Å²) in [4.78, 5) is 16.2. The molecule has 1 saturated heterocycles. The number of carbonyl (C=O) groups excluding carboxylic acids is 1. The minimum absolute atomic E-state index is 0.390. The molecule has 0 N–H and O–H groups in total. The lowest BCUT2D eigenvalue weighted by Gasteiger charge is -2.38. The van der Waals surface area contributed by atoms with Crippen LogP contribution in [-0.2, 0) is 4.79 Å². The molecule has 0 bridgehead atoms. The highest BCUT2D eigenvalue weighted by Gasteiger charge is 2.26. The Morgan fingerprint density at radius 3 is 2.63 bits per heavy atom. The lowest BCUT2D eigenvalue weighted by molar-refractivity contribution is -0.115. The molecule has 1 aromatic heterocycles. The third-order valence-corrected chi connectivity index (χ3v) is 5.32. The molecule has 3 aromatic rings. The number of aldehydes is 1. The van der Waals surface area contributed by atoms with Crippen molar-refractivity contribution in [1.29, 1.82) is 0 Å². The Morgan fingerprint density at radius 1 is 1.15 bits per heavy atom. The molecule has 0 amide bonds. The molecule has 0 saturated carbocycles. The van der Waals surface area contributed by atoms with Crippen LogP contribution in [0.25, 0.3) is 10.9 Å². The number of hydrogen-bond donors (Lipinski definition) is 0. The summed E-state index contributed by atoms with van der Waals surface area (Å²) in [5.41, 5.74) is 1.97. The molecule has 4 rings (SSSR count). The highest BCUT2D eigenvalue weighted by Crippen LogP contribution is 2.30. The van der Waals surface area contributed by atoms with Gasteiger partial charge in [0.05, 0.1) is 17.6 Å². The first-order valence-electron chi connectivity index (χ1n) is 8.91. The van der Waals surface area contributed by atoms with Gasteiger partial charge in [0, 0.05) is 49.5 Å². The summed E-state index contributed by atoms with van der Waals surface area (Å²) in [6.07, 6.45) is 2.51. The van der Waals surface area contributed by atoms with E-state index in [-0.39, 0.29) is 6.17 Å². The number of fused-ring (bicyclic) bond motifs is 1. The van der Waals surface area contributed by atoms with Gasteiger partial charge in [0.25, 0.3) is 0 Å². The van der Waals surface area contributed by atoms with Gasteiger partial charge in [-0.2, -0.15) is 5.10 Å². The molecule has 1 unspecified atom stereocenters. The van der Waals surface area contributed by atoms with Crippen LogP contribution in [0.1, 0.15) is 6.17 Å². The van der Waals surface area contributed by atoms with Crippen molar-refractivity contribution >= 4 is 34.5 Å². The predicted octanol–water partition coefficient (Wildman–Crippen LogP) is 3.22. The van der Waals surface area contributed by atoms with Crippen LogP contribution in [0.3, 0.4) is 0 Å². The van der Waals surface area contributed by atoms with Gasteiger partial charge in [-0.05, 0) is 18.2 Å². The molecule has 0 radical (unpaired) electrons. The van der Waals surface area contributed by atoms with Crippen molar-refractivity contribution in [2.45, 2.75) is 6.17 Å². The number of piperazine rings is 1. The van der Waals surface area contributed by atoms with Crippen LogP contribution in [0.15, 0.2) is 48.7 Å². The molecule has 6 nitrogen and oxygen atoms in total. The van der Waals surface area contributed by atoms with E-state index < -0.39 is 0 Å². The Kier molecular flexibility index (Phi) is 5.01. The third kappa shape index (κ3) is 3.50. The lowest BCUT2D eigenvalue weighted by atomic mass is 10.2. The zero-order chi connectivity index (χ0) is 18.8. The number of hydrogen-bond acceptors (Lipinski definition) is 5. The van der Waals surface area contributed by atoms with E-state index in [4.69, 9.17) is 16.3 Å². The maximum atomic E-state index is 11.8. The number of carbonyl (C=O) groups is 1. The highest BCUT2D eigenvalue weighted by molar-refractivity contribution is 6.32. The Morgan fingerprint density at radius 2 is 1.93 bits per heavy atom. The summed E-state index contributed by atoms with van der Waals surface area (Å²) in [5.74, 6) is 0.672. The standard InChI is InChI=1S/C20H21ClN4O2/c1-27-19-12-16(6-7-17(19)21)23-8-10-24(11-9-23)20(14-26)25-13-15-4-2-3-5-18(15)22-25/h2-7,12-14,20H,8-11H2,1H3. The first-order valence-corrected chi connectivity index (χ1v) is 9.29. The van der Waals surface area contributed by atoms with E-state index in [1.165, 1.54) is 0 Å². The van der Waals surface area contributed by atoms with Crippen LogP contribution in [0, 0.1) is 0 Å². The van der Waals surface area contributed by atoms with Gasteiger partial charge >= 0.3 is 0 Å². The number of methoxy groups -OCH3 is 1. The van der Waals surface area contributed by atoms with Crippen molar-refractivity contribution in [1.82, 2.24) is 14.7 Å². The molecule has 1 aliphatic heterocycles. The van der Waals surface area contributed by atoms with Gasteiger partial charge in [-0.25, -0.2) is 4.68 Å². The number of nitrogens with zero attached hydrogens (tertiary/aromatic N) is 4. The van der Waals surface area contributed by atoms with Gasteiger partial charge in [0.2, 0.25) is 0 Å². The van der Waals surface area contributed by atoms with Crippen molar-refractivity contribution in [2.24, 2.45) is 0 Å². The zero-order valence-electron chi connectivity index (χ0n) is 15.1. The summed E-state index contributed by atoms with van der Waals surface area (Å²) in [7, 11) is 1.62. The largest absolute Gasteiger partial charge is 0.495 e. The van der Waals surface area contributed by atoms with Crippen LogP contribution in [-0.4, -0.2) is 54.3 Å². The number of benzene rings is 2. The Labute approximate surface area is 162 Å². The molecule has 7 heteroatoms. The number of rotatable bonds is 5. The van der Waals surface area contributed by atoms with Crippen LogP contribution >= 0.6 is 11.6 Å². The van der Waals surface area contributed by atoms with E-state index in [2.05, 4.69) is 14.9 Å². The van der Waals surface area contributed by atoms with Crippen LogP contribution in [0.2, 0.25) is 5.02 Å². The number of anilines is 1. The normalized spacial score (nSPS) is 16.4. The fourth-order valence-corrected chi connectivity index (χ4v) is 3.72. The van der Waals surface area contributed by atoms with E-state index in [0.717, 1.165) is 49.1 Å². The van der Waals surface area contributed by atoms with Crippen molar-refractivity contribution in [2.75, 3.05) is 38.2 Å². The van der Waals surface area contributed by atoms with Crippen molar-refractivity contribution in [3.63, 3.8) is 0 Å². The van der Waals surface area contributed by atoms with Gasteiger partial charge in [-0.15, -0.1) is 0 Å². The minimum Gasteiger partial charge on any atom is -0.495 e. The van der Waals surface area contributed by atoms with Crippen molar-refractivity contribution in [3.8, 4) is 5.75 Å². The molecular formula is C20H21ClN4O2. The topological polar surface area (TPSA) is 50.6 Å². The maximum Gasteiger partial charge on any atom is 0.160 e. The molecule has 1 aliphatic rings. The van der Waals surface area contributed by atoms with E-state index in [1.807, 2.05) is 48.7 Å². The molecule has 1 atom stereocenters. The summed E-state index contributed by atoms with van der Waals surface area (Å²) in [5, 5.41) is 6.21. The van der Waals surface area contributed by atoms with Crippen LogP contribution in [0.4, 0.5) is 5.69 Å². The quantitative estimate of drug-likeness (QED) is 0.632. The fourth-order valence-electron chi connectivity index (χ4n) is 3.52. The number of aromatic nitrogens is 2. The molecule has 0 spiro atoms. The average molecular weight is 385 g/mol. The Balaban J connectivity index is 1.48. The van der Waals surface area contributed by atoms with Crippen molar-refractivity contribution in [3.05, 3.63) is 53.7 Å². The van der Waals surface area contributed by atoms with Gasteiger partial charge < -0.3 is 9.64 Å². The van der Waals surface area contributed by atoms with Gasteiger partial charge in [0.15, 0.2) is 12.5 Å². The smallest absolute Gasteiger partial charge is 0.160 e. The fraction of sp³-hybridized carbons (Fsp3) is 0.300.